The molecule has 3 aromatic heterocycles. The molecule has 5 aromatic rings. The maximum atomic E-state index is 13.5. The minimum Gasteiger partial charge on any atom is -0.454 e. The van der Waals surface area contributed by atoms with Crippen LogP contribution in [0.3, 0.4) is 0 Å². The summed E-state index contributed by atoms with van der Waals surface area (Å²) in [5, 5.41) is 15.3. The van der Waals surface area contributed by atoms with E-state index in [-0.39, 0.29) is 12.7 Å². The summed E-state index contributed by atoms with van der Waals surface area (Å²) in [5.41, 5.74) is 4.55. The standard InChI is InChI=1S/C24H19N5O3S/c1-15-4-6-19-17(9-15)11-18(23-25-26-27-29(19)23)13-28(24(30)22-3-2-8-33-22)12-16-5-7-20-21(10-16)32-14-31-20/h2-11H,12-14H2,1H3. The number of hydrogen-bond donors (Lipinski definition) is 0. The van der Waals surface area contributed by atoms with E-state index in [2.05, 4.69) is 34.6 Å². The summed E-state index contributed by atoms with van der Waals surface area (Å²) in [5.74, 6) is 1.37. The van der Waals surface area contributed by atoms with Gasteiger partial charge in [-0.1, -0.05) is 23.8 Å². The molecule has 0 saturated heterocycles. The molecule has 6 rings (SSSR count). The molecular formula is C24H19N5O3S. The maximum Gasteiger partial charge on any atom is 0.264 e. The maximum absolute atomic E-state index is 13.5. The lowest BCUT2D eigenvalue weighted by atomic mass is 10.1. The van der Waals surface area contributed by atoms with Crippen LogP contribution >= 0.6 is 11.3 Å². The third-order valence-corrected chi connectivity index (χ3v) is 6.55. The zero-order valence-corrected chi connectivity index (χ0v) is 18.6. The first-order chi connectivity index (χ1) is 16.2. The number of hydrogen-bond acceptors (Lipinski definition) is 7. The summed E-state index contributed by atoms with van der Waals surface area (Å²) < 4.78 is 12.7. The number of benzene rings is 2. The van der Waals surface area contributed by atoms with Crippen molar-refractivity contribution in [3.8, 4) is 11.5 Å². The van der Waals surface area contributed by atoms with Crippen molar-refractivity contribution in [2.45, 2.75) is 20.0 Å². The summed E-state index contributed by atoms with van der Waals surface area (Å²) in [7, 11) is 0. The second-order valence-corrected chi connectivity index (χ2v) is 8.92. The van der Waals surface area contributed by atoms with Gasteiger partial charge in [-0.05, 0) is 64.7 Å². The molecule has 0 atom stereocenters. The van der Waals surface area contributed by atoms with Crippen LogP contribution in [-0.2, 0) is 13.1 Å². The summed E-state index contributed by atoms with van der Waals surface area (Å²) in [6.45, 7) is 3.03. The van der Waals surface area contributed by atoms with Crippen LogP contribution in [-0.4, -0.2) is 37.6 Å². The first kappa shape index (κ1) is 19.7. The van der Waals surface area contributed by atoms with E-state index in [0.717, 1.165) is 33.3 Å². The summed E-state index contributed by atoms with van der Waals surface area (Å²) in [4.78, 5) is 16.0. The van der Waals surface area contributed by atoms with Crippen molar-refractivity contribution in [2.24, 2.45) is 0 Å². The Morgan fingerprint density at radius 2 is 2.00 bits per heavy atom. The second kappa shape index (κ2) is 7.86. The topological polar surface area (TPSA) is 81.9 Å². The number of rotatable bonds is 5. The van der Waals surface area contributed by atoms with Gasteiger partial charge in [-0.25, -0.2) is 0 Å². The smallest absolute Gasteiger partial charge is 0.264 e. The third kappa shape index (κ3) is 3.56. The molecule has 0 unspecified atom stereocenters. The Bertz CT molecular complexity index is 1500. The average molecular weight is 458 g/mol. The van der Waals surface area contributed by atoms with Gasteiger partial charge >= 0.3 is 0 Å². The summed E-state index contributed by atoms with van der Waals surface area (Å²) in [6.07, 6.45) is 0. The van der Waals surface area contributed by atoms with Gasteiger partial charge in [-0.2, -0.15) is 4.52 Å². The van der Waals surface area contributed by atoms with Gasteiger partial charge in [-0.3, -0.25) is 4.79 Å². The molecule has 4 heterocycles. The van der Waals surface area contributed by atoms with Gasteiger partial charge in [0, 0.05) is 17.5 Å². The van der Waals surface area contributed by atoms with Crippen LogP contribution in [0.1, 0.15) is 26.4 Å². The molecule has 1 amide bonds. The molecule has 1 aliphatic rings. The van der Waals surface area contributed by atoms with Crippen LogP contribution in [0.15, 0.2) is 60.0 Å². The molecule has 9 heteroatoms. The molecule has 2 aromatic carbocycles. The predicted molar refractivity (Wildman–Crippen MR) is 123 cm³/mol. The number of tetrazole rings is 1. The number of carbonyl (C=O) groups is 1. The molecule has 0 N–H and O–H groups in total. The zero-order valence-electron chi connectivity index (χ0n) is 17.8. The minimum atomic E-state index is -0.0439. The number of fused-ring (bicyclic) bond motifs is 4. The van der Waals surface area contributed by atoms with Crippen molar-refractivity contribution in [2.75, 3.05) is 6.79 Å². The fraction of sp³-hybridized carbons (Fsp3) is 0.167. The van der Waals surface area contributed by atoms with Gasteiger partial charge in [0.2, 0.25) is 6.79 Å². The molecule has 1 aliphatic heterocycles. The Kier molecular flexibility index (Phi) is 4.69. The number of thiophene rings is 1. The van der Waals surface area contributed by atoms with E-state index < -0.39 is 0 Å². The molecule has 8 nitrogen and oxygen atoms in total. The SMILES string of the molecule is Cc1ccc2c(c1)cc(CN(Cc1ccc3c(c1)OCO3)C(=O)c1cccs1)c1nnnn12. The van der Waals surface area contributed by atoms with E-state index in [1.807, 2.05) is 52.7 Å². The molecule has 0 spiro atoms. The van der Waals surface area contributed by atoms with Gasteiger partial charge < -0.3 is 14.4 Å². The van der Waals surface area contributed by atoms with Crippen molar-refractivity contribution in [3.63, 3.8) is 0 Å². The van der Waals surface area contributed by atoms with E-state index in [0.29, 0.717) is 29.4 Å². The molecule has 0 bridgehead atoms. The van der Waals surface area contributed by atoms with Crippen LogP contribution in [0.2, 0.25) is 0 Å². The fourth-order valence-electron chi connectivity index (χ4n) is 4.12. The molecule has 0 aliphatic carbocycles. The number of ether oxygens (including phenoxy) is 2. The van der Waals surface area contributed by atoms with Crippen LogP contribution < -0.4 is 9.47 Å². The van der Waals surface area contributed by atoms with Gasteiger partial charge in [0.25, 0.3) is 5.91 Å². The summed E-state index contributed by atoms with van der Waals surface area (Å²) >= 11 is 1.43. The lowest BCUT2D eigenvalue weighted by Crippen LogP contribution is -2.29. The highest BCUT2D eigenvalue weighted by Gasteiger charge is 2.22. The first-order valence-electron chi connectivity index (χ1n) is 10.5. The van der Waals surface area contributed by atoms with Crippen LogP contribution in [0.25, 0.3) is 16.6 Å². The number of nitrogens with zero attached hydrogens (tertiary/aromatic N) is 5. The molecule has 0 saturated carbocycles. The van der Waals surface area contributed by atoms with Crippen molar-refractivity contribution in [3.05, 3.63) is 81.5 Å². The number of carbonyl (C=O) groups excluding carboxylic acids is 1. The Labute approximate surface area is 193 Å². The highest BCUT2D eigenvalue weighted by Crippen LogP contribution is 2.33. The zero-order chi connectivity index (χ0) is 22.4. The van der Waals surface area contributed by atoms with Crippen LogP contribution in [0.5, 0.6) is 11.5 Å². The lowest BCUT2D eigenvalue weighted by molar-refractivity contribution is 0.0735. The fourth-order valence-corrected chi connectivity index (χ4v) is 4.81. The third-order valence-electron chi connectivity index (χ3n) is 5.69. The Balaban J connectivity index is 1.41. The number of pyridine rings is 1. The van der Waals surface area contributed by atoms with Gasteiger partial charge in [-0.15, -0.1) is 16.4 Å². The van der Waals surface area contributed by atoms with E-state index in [1.54, 1.807) is 4.52 Å². The quantitative estimate of drug-likeness (QED) is 0.393. The highest BCUT2D eigenvalue weighted by molar-refractivity contribution is 7.12. The number of amides is 1. The van der Waals surface area contributed by atoms with Crippen LogP contribution in [0.4, 0.5) is 0 Å². The summed E-state index contributed by atoms with van der Waals surface area (Å²) in [6, 6.07) is 17.7. The highest BCUT2D eigenvalue weighted by atomic mass is 32.1. The molecule has 33 heavy (non-hydrogen) atoms. The second-order valence-electron chi connectivity index (χ2n) is 7.97. The lowest BCUT2D eigenvalue weighted by Gasteiger charge is -2.23. The van der Waals surface area contributed by atoms with E-state index in [4.69, 9.17) is 9.47 Å². The van der Waals surface area contributed by atoms with E-state index in [1.165, 1.54) is 11.3 Å². The van der Waals surface area contributed by atoms with Gasteiger partial charge in [0.05, 0.1) is 16.9 Å². The monoisotopic (exact) mass is 457 g/mol. The Morgan fingerprint density at radius 3 is 2.88 bits per heavy atom. The molecule has 0 radical (unpaired) electrons. The van der Waals surface area contributed by atoms with Crippen molar-refractivity contribution >= 4 is 33.8 Å². The molecule has 164 valence electrons. The van der Waals surface area contributed by atoms with Crippen LogP contribution in [0, 0.1) is 6.92 Å². The molecular weight excluding hydrogens is 438 g/mol. The van der Waals surface area contributed by atoms with Crippen molar-refractivity contribution in [1.82, 2.24) is 24.9 Å². The number of aryl methyl sites for hydroxylation is 1. The Hall–Kier alpha value is -3.98. The van der Waals surface area contributed by atoms with Gasteiger partial charge in [0.1, 0.15) is 0 Å². The number of aromatic nitrogens is 4. The average Bonchev–Trinajstić information content (AvgIpc) is 3.59. The first-order valence-corrected chi connectivity index (χ1v) is 11.4. The predicted octanol–water partition coefficient (Wildman–Crippen LogP) is 4.22. The minimum absolute atomic E-state index is 0.0439. The van der Waals surface area contributed by atoms with Gasteiger partial charge in [0.15, 0.2) is 17.1 Å². The van der Waals surface area contributed by atoms with Crippen molar-refractivity contribution < 1.29 is 14.3 Å². The molecule has 0 fully saturated rings. The van der Waals surface area contributed by atoms with E-state index >= 15 is 0 Å². The van der Waals surface area contributed by atoms with Crippen molar-refractivity contribution in [1.29, 1.82) is 0 Å². The Morgan fingerprint density at radius 1 is 1.09 bits per heavy atom. The normalized spacial score (nSPS) is 12.5. The largest absolute Gasteiger partial charge is 0.454 e. The van der Waals surface area contributed by atoms with E-state index in [9.17, 15) is 4.79 Å².